The SMILES string of the molecule is O=C(CN1CCN(S(=O)(=O)c2ccccc2)CC1)Nc1cccc(CN2CCSCC2)c1. The summed E-state index contributed by atoms with van der Waals surface area (Å²) >= 11 is 2.00. The van der Waals surface area contributed by atoms with Crippen LogP contribution in [0.25, 0.3) is 0 Å². The van der Waals surface area contributed by atoms with E-state index in [1.165, 1.54) is 21.4 Å². The standard InChI is InChI=1S/C23H30N4O3S2/c28-23(24-21-6-4-5-20(17-21)18-26-13-15-31-16-14-26)19-25-9-11-27(12-10-25)32(29,30)22-7-2-1-3-8-22/h1-8,17H,9-16,18-19H2,(H,24,28). The molecular weight excluding hydrogens is 444 g/mol. The first-order valence-electron chi connectivity index (χ1n) is 11.0. The summed E-state index contributed by atoms with van der Waals surface area (Å²) < 4.78 is 27.0. The first kappa shape index (κ1) is 23.3. The van der Waals surface area contributed by atoms with Crippen LogP contribution in [0.2, 0.25) is 0 Å². The molecule has 0 spiro atoms. The van der Waals surface area contributed by atoms with Gasteiger partial charge in [-0.1, -0.05) is 30.3 Å². The molecule has 0 unspecified atom stereocenters. The summed E-state index contributed by atoms with van der Waals surface area (Å²) in [5.74, 6) is 2.28. The molecule has 172 valence electrons. The fourth-order valence-electron chi connectivity index (χ4n) is 4.04. The maximum absolute atomic E-state index is 12.8. The highest BCUT2D eigenvalue weighted by atomic mass is 32.2. The lowest BCUT2D eigenvalue weighted by Gasteiger charge is -2.33. The highest BCUT2D eigenvalue weighted by Crippen LogP contribution is 2.18. The number of carbonyl (C=O) groups excluding carboxylic acids is 1. The average molecular weight is 475 g/mol. The molecule has 2 aliphatic rings. The lowest BCUT2D eigenvalue weighted by atomic mass is 10.2. The maximum atomic E-state index is 12.8. The van der Waals surface area contributed by atoms with Crippen LogP contribution in [-0.2, 0) is 21.4 Å². The van der Waals surface area contributed by atoms with E-state index >= 15 is 0 Å². The zero-order valence-electron chi connectivity index (χ0n) is 18.2. The van der Waals surface area contributed by atoms with E-state index in [-0.39, 0.29) is 12.5 Å². The van der Waals surface area contributed by atoms with Crippen LogP contribution in [0.5, 0.6) is 0 Å². The summed E-state index contributed by atoms with van der Waals surface area (Å²) in [6.07, 6.45) is 0. The topological polar surface area (TPSA) is 73.0 Å². The predicted octanol–water partition coefficient (Wildman–Crippen LogP) is 2.18. The largest absolute Gasteiger partial charge is 0.325 e. The minimum Gasteiger partial charge on any atom is -0.325 e. The Labute approximate surface area is 194 Å². The molecule has 9 heteroatoms. The summed E-state index contributed by atoms with van der Waals surface area (Å²) in [6, 6.07) is 16.5. The lowest BCUT2D eigenvalue weighted by Crippen LogP contribution is -2.50. The van der Waals surface area contributed by atoms with Crippen molar-refractivity contribution in [3.8, 4) is 0 Å². The summed E-state index contributed by atoms with van der Waals surface area (Å²) in [7, 11) is -3.48. The van der Waals surface area contributed by atoms with Crippen molar-refractivity contribution in [3.05, 3.63) is 60.2 Å². The molecule has 1 amide bonds. The van der Waals surface area contributed by atoms with Crippen molar-refractivity contribution < 1.29 is 13.2 Å². The molecular formula is C23H30N4O3S2. The molecule has 0 atom stereocenters. The maximum Gasteiger partial charge on any atom is 0.243 e. The lowest BCUT2D eigenvalue weighted by molar-refractivity contribution is -0.117. The molecule has 0 saturated carbocycles. The van der Waals surface area contributed by atoms with Gasteiger partial charge in [0.1, 0.15) is 0 Å². The average Bonchev–Trinajstić information content (AvgIpc) is 2.81. The van der Waals surface area contributed by atoms with Gasteiger partial charge in [-0.25, -0.2) is 8.42 Å². The van der Waals surface area contributed by atoms with Crippen LogP contribution in [0.1, 0.15) is 5.56 Å². The van der Waals surface area contributed by atoms with E-state index in [0.29, 0.717) is 31.1 Å². The molecule has 2 heterocycles. The van der Waals surface area contributed by atoms with Gasteiger partial charge in [0, 0.05) is 63.0 Å². The number of benzene rings is 2. The van der Waals surface area contributed by atoms with Gasteiger partial charge in [-0.3, -0.25) is 14.6 Å². The van der Waals surface area contributed by atoms with Crippen LogP contribution in [0, 0.1) is 0 Å². The van der Waals surface area contributed by atoms with Gasteiger partial charge in [-0.2, -0.15) is 16.1 Å². The minimum absolute atomic E-state index is 0.0733. The van der Waals surface area contributed by atoms with Crippen molar-refractivity contribution in [2.24, 2.45) is 0 Å². The van der Waals surface area contributed by atoms with Gasteiger partial charge in [0.15, 0.2) is 0 Å². The van der Waals surface area contributed by atoms with Gasteiger partial charge in [0.25, 0.3) is 0 Å². The number of thioether (sulfide) groups is 1. The Hall–Kier alpha value is -1.91. The van der Waals surface area contributed by atoms with Crippen LogP contribution in [0.4, 0.5) is 5.69 Å². The van der Waals surface area contributed by atoms with Crippen LogP contribution < -0.4 is 5.32 Å². The molecule has 0 aliphatic carbocycles. The summed E-state index contributed by atoms with van der Waals surface area (Å²) in [6.45, 7) is 5.20. The second-order valence-corrected chi connectivity index (χ2v) is 11.3. The van der Waals surface area contributed by atoms with Crippen LogP contribution in [0.15, 0.2) is 59.5 Å². The van der Waals surface area contributed by atoms with E-state index in [2.05, 4.69) is 16.3 Å². The van der Waals surface area contributed by atoms with Crippen LogP contribution >= 0.6 is 11.8 Å². The predicted molar refractivity (Wildman–Crippen MR) is 129 cm³/mol. The molecule has 2 fully saturated rings. The third kappa shape index (κ3) is 6.11. The molecule has 0 radical (unpaired) electrons. The van der Waals surface area contributed by atoms with Crippen molar-refractivity contribution in [2.75, 3.05) is 62.6 Å². The molecule has 4 rings (SSSR count). The molecule has 2 saturated heterocycles. The smallest absolute Gasteiger partial charge is 0.243 e. The summed E-state index contributed by atoms with van der Waals surface area (Å²) in [5.41, 5.74) is 2.01. The molecule has 7 nitrogen and oxygen atoms in total. The molecule has 1 N–H and O–H groups in total. The van der Waals surface area contributed by atoms with Gasteiger partial charge >= 0.3 is 0 Å². The van der Waals surface area contributed by atoms with E-state index in [9.17, 15) is 13.2 Å². The summed E-state index contributed by atoms with van der Waals surface area (Å²) in [4.78, 5) is 17.3. The fourth-order valence-corrected chi connectivity index (χ4v) is 6.46. The zero-order valence-corrected chi connectivity index (χ0v) is 19.8. The Balaban J connectivity index is 1.26. The number of anilines is 1. The van der Waals surface area contributed by atoms with Crippen molar-refractivity contribution in [1.29, 1.82) is 0 Å². The third-order valence-corrected chi connectivity index (χ3v) is 8.66. The Kier molecular flexibility index (Phi) is 7.85. The monoisotopic (exact) mass is 474 g/mol. The number of sulfonamides is 1. The van der Waals surface area contributed by atoms with E-state index < -0.39 is 10.0 Å². The Bertz CT molecular complexity index is 1000. The van der Waals surface area contributed by atoms with Crippen molar-refractivity contribution in [3.63, 3.8) is 0 Å². The molecule has 32 heavy (non-hydrogen) atoms. The van der Waals surface area contributed by atoms with Crippen molar-refractivity contribution >= 4 is 33.4 Å². The second-order valence-electron chi connectivity index (χ2n) is 8.13. The van der Waals surface area contributed by atoms with Gasteiger partial charge in [-0.05, 0) is 29.8 Å². The van der Waals surface area contributed by atoms with E-state index in [1.807, 2.05) is 34.9 Å². The number of amides is 1. The van der Waals surface area contributed by atoms with E-state index in [1.54, 1.807) is 30.3 Å². The molecule has 2 aliphatic heterocycles. The van der Waals surface area contributed by atoms with Crippen LogP contribution in [-0.4, -0.2) is 85.7 Å². The second kappa shape index (κ2) is 10.8. The zero-order chi connectivity index (χ0) is 22.4. The van der Waals surface area contributed by atoms with E-state index in [4.69, 9.17) is 0 Å². The fraction of sp³-hybridized carbons (Fsp3) is 0.435. The molecule has 2 aromatic rings. The van der Waals surface area contributed by atoms with Crippen molar-refractivity contribution in [1.82, 2.24) is 14.1 Å². The highest BCUT2D eigenvalue weighted by Gasteiger charge is 2.28. The normalized spacial score (nSPS) is 19.0. The number of hydrogen-bond donors (Lipinski definition) is 1. The number of carbonyl (C=O) groups is 1. The van der Waals surface area contributed by atoms with Crippen molar-refractivity contribution in [2.45, 2.75) is 11.4 Å². The Morgan fingerprint density at radius 3 is 2.31 bits per heavy atom. The quantitative estimate of drug-likeness (QED) is 0.663. The minimum atomic E-state index is -3.48. The highest BCUT2D eigenvalue weighted by molar-refractivity contribution is 7.99. The Morgan fingerprint density at radius 1 is 0.875 bits per heavy atom. The van der Waals surface area contributed by atoms with Crippen LogP contribution in [0.3, 0.4) is 0 Å². The van der Waals surface area contributed by atoms with Gasteiger partial charge in [0.05, 0.1) is 11.4 Å². The van der Waals surface area contributed by atoms with Gasteiger partial charge in [0.2, 0.25) is 15.9 Å². The number of nitrogens with zero attached hydrogens (tertiary/aromatic N) is 3. The molecule has 2 aromatic carbocycles. The number of nitrogens with one attached hydrogen (secondary N) is 1. The number of hydrogen-bond acceptors (Lipinski definition) is 6. The number of piperazine rings is 1. The first-order chi connectivity index (χ1) is 15.5. The third-order valence-electron chi connectivity index (χ3n) is 5.80. The van der Waals surface area contributed by atoms with Gasteiger partial charge in [-0.15, -0.1) is 0 Å². The van der Waals surface area contributed by atoms with Gasteiger partial charge < -0.3 is 5.32 Å². The Morgan fingerprint density at radius 2 is 1.59 bits per heavy atom. The summed E-state index contributed by atoms with van der Waals surface area (Å²) in [5, 5.41) is 3.00. The number of rotatable bonds is 7. The first-order valence-corrected chi connectivity index (χ1v) is 13.6. The van der Waals surface area contributed by atoms with E-state index in [0.717, 1.165) is 25.3 Å². The molecule has 0 aromatic heterocycles. The molecule has 0 bridgehead atoms.